The van der Waals surface area contributed by atoms with Gasteiger partial charge < -0.3 is 9.32 Å². The summed E-state index contributed by atoms with van der Waals surface area (Å²) in [7, 11) is -3.21. The summed E-state index contributed by atoms with van der Waals surface area (Å²) in [5, 5.41) is 0.829. The molecule has 1 aliphatic heterocycles. The van der Waals surface area contributed by atoms with E-state index in [0.29, 0.717) is 23.1 Å². The molecule has 28 heavy (non-hydrogen) atoms. The molecule has 0 N–H and O–H groups in total. The van der Waals surface area contributed by atoms with Crippen LogP contribution in [0.4, 0.5) is 4.39 Å². The Hall–Kier alpha value is -2.67. The molecule has 0 radical (unpaired) electrons. The largest absolute Gasteiger partial charge is 0.451 e. The average Bonchev–Trinajstić information content (AvgIpc) is 3.20. The zero-order valence-corrected chi connectivity index (χ0v) is 16.2. The number of sulfone groups is 1. The Bertz CT molecular complexity index is 1150. The van der Waals surface area contributed by atoms with Gasteiger partial charge in [0.2, 0.25) is 0 Å². The van der Waals surface area contributed by atoms with Crippen LogP contribution in [-0.2, 0) is 16.4 Å². The lowest BCUT2D eigenvalue weighted by Crippen LogP contribution is -2.41. The molecule has 1 aliphatic rings. The van der Waals surface area contributed by atoms with Crippen LogP contribution in [0.1, 0.15) is 28.1 Å². The Balaban J connectivity index is 1.74. The number of hydrogen-bond acceptors (Lipinski definition) is 4. The standard InChI is InChI=1S/C21H20FNO4S/c1-14-17-7-3-5-9-19(17)27-20(14)21(24)23(16-10-11-28(25,26)13-16)12-15-6-2-4-8-18(15)22/h2-9,16H,10-13H2,1H3/t16-/m0/s1. The van der Waals surface area contributed by atoms with Gasteiger partial charge in [-0.05, 0) is 25.5 Å². The number of aryl methyl sites for hydroxylation is 1. The Morgan fingerprint density at radius 1 is 1.18 bits per heavy atom. The molecular formula is C21H20FNO4S. The number of carbonyl (C=O) groups is 1. The molecule has 3 aromatic rings. The molecule has 1 saturated heterocycles. The maximum Gasteiger partial charge on any atom is 0.290 e. The third-order valence-electron chi connectivity index (χ3n) is 5.25. The monoisotopic (exact) mass is 401 g/mol. The number of fused-ring (bicyclic) bond motifs is 1. The first-order chi connectivity index (χ1) is 13.4. The van der Waals surface area contributed by atoms with Crippen LogP contribution >= 0.6 is 0 Å². The van der Waals surface area contributed by atoms with E-state index < -0.39 is 27.6 Å². The van der Waals surface area contributed by atoms with E-state index >= 15 is 0 Å². The predicted molar refractivity (Wildman–Crippen MR) is 104 cm³/mol. The van der Waals surface area contributed by atoms with Gasteiger partial charge in [-0.3, -0.25) is 4.79 Å². The molecule has 2 aromatic carbocycles. The van der Waals surface area contributed by atoms with Crippen molar-refractivity contribution >= 4 is 26.7 Å². The maximum absolute atomic E-state index is 14.2. The Morgan fingerprint density at radius 3 is 2.57 bits per heavy atom. The van der Waals surface area contributed by atoms with Crippen LogP contribution in [0.3, 0.4) is 0 Å². The fourth-order valence-corrected chi connectivity index (χ4v) is 5.44. The molecule has 1 amide bonds. The highest BCUT2D eigenvalue weighted by molar-refractivity contribution is 7.91. The smallest absolute Gasteiger partial charge is 0.290 e. The molecule has 0 bridgehead atoms. The van der Waals surface area contributed by atoms with Crippen molar-refractivity contribution in [3.63, 3.8) is 0 Å². The first-order valence-corrected chi connectivity index (χ1v) is 10.9. The highest BCUT2D eigenvalue weighted by Gasteiger charge is 2.37. The molecule has 4 rings (SSSR count). The number of hydrogen-bond donors (Lipinski definition) is 0. The van der Waals surface area contributed by atoms with Crippen LogP contribution in [0.5, 0.6) is 0 Å². The summed E-state index contributed by atoms with van der Waals surface area (Å²) < 4.78 is 44.0. The van der Waals surface area contributed by atoms with Crippen molar-refractivity contribution < 1.29 is 22.0 Å². The Morgan fingerprint density at radius 2 is 1.89 bits per heavy atom. The second-order valence-electron chi connectivity index (χ2n) is 7.13. The fraction of sp³-hybridized carbons (Fsp3) is 0.286. The van der Waals surface area contributed by atoms with Crippen molar-refractivity contribution in [2.45, 2.75) is 25.9 Å². The number of para-hydroxylation sites is 1. The van der Waals surface area contributed by atoms with Crippen LogP contribution in [0, 0.1) is 12.7 Å². The minimum atomic E-state index is -3.21. The zero-order chi connectivity index (χ0) is 19.9. The molecule has 1 atom stereocenters. The number of furan rings is 1. The normalized spacial score (nSPS) is 18.4. The second kappa shape index (κ2) is 7.05. The number of nitrogens with zero attached hydrogens (tertiary/aromatic N) is 1. The third-order valence-corrected chi connectivity index (χ3v) is 7.00. The molecule has 1 fully saturated rings. The van der Waals surface area contributed by atoms with E-state index in [9.17, 15) is 17.6 Å². The van der Waals surface area contributed by atoms with Gasteiger partial charge in [0.1, 0.15) is 11.4 Å². The van der Waals surface area contributed by atoms with Crippen molar-refractivity contribution in [3.8, 4) is 0 Å². The van der Waals surface area contributed by atoms with Crippen LogP contribution in [0.15, 0.2) is 52.9 Å². The number of amides is 1. The number of carbonyl (C=O) groups excluding carboxylic acids is 1. The maximum atomic E-state index is 14.2. The Labute approximate surface area is 162 Å². The van der Waals surface area contributed by atoms with E-state index in [1.54, 1.807) is 31.2 Å². The molecule has 0 aliphatic carbocycles. The molecule has 5 nitrogen and oxygen atoms in total. The lowest BCUT2D eigenvalue weighted by atomic mass is 10.1. The number of rotatable bonds is 4. The minimum absolute atomic E-state index is 0.0117. The second-order valence-corrected chi connectivity index (χ2v) is 9.36. The van der Waals surface area contributed by atoms with Crippen LogP contribution in [0.2, 0.25) is 0 Å². The lowest BCUT2D eigenvalue weighted by molar-refractivity contribution is 0.0647. The predicted octanol–water partition coefficient (Wildman–Crippen LogP) is 3.71. The highest BCUT2D eigenvalue weighted by atomic mass is 32.2. The first-order valence-electron chi connectivity index (χ1n) is 9.08. The van der Waals surface area contributed by atoms with Gasteiger partial charge in [0.05, 0.1) is 11.5 Å². The minimum Gasteiger partial charge on any atom is -0.451 e. The van der Waals surface area contributed by atoms with Crippen molar-refractivity contribution in [3.05, 3.63) is 71.2 Å². The zero-order valence-electron chi connectivity index (χ0n) is 15.4. The lowest BCUT2D eigenvalue weighted by Gasteiger charge is -2.28. The quantitative estimate of drug-likeness (QED) is 0.668. The van der Waals surface area contributed by atoms with E-state index in [2.05, 4.69) is 0 Å². The summed E-state index contributed by atoms with van der Waals surface area (Å²) in [5.74, 6) is -0.770. The molecule has 0 saturated carbocycles. The van der Waals surface area contributed by atoms with E-state index in [-0.39, 0.29) is 23.8 Å². The first kappa shape index (κ1) is 18.7. The summed E-state index contributed by atoms with van der Waals surface area (Å²) in [6.07, 6.45) is 0.335. The summed E-state index contributed by atoms with van der Waals surface area (Å²) >= 11 is 0. The number of halogens is 1. The molecular weight excluding hydrogens is 381 g/mol. The van der Waals surface area contributed by atoms with Crippen molar-refractivity contribution in [2.75, 3.05) is 11.5 Å². The summed E-state index contributed by atoms with van der Waals surface area (Å²) in [5.41, 5.74) is 1.63. The van der Waals surface area contributed by atoms with Gasteiger partial charge in [-0.2, -0.15) is 0 Å². The Kier molecular flexibility index (Phi) is 4.71. The van der Waals surface area contributed by atoms with E-state index in [4.69, 9.17) is 4.42 Å². The fourth-order valence-electron chi connectivity index (χ4n) is 3.71. The summed E-state index contributed by atoms with van der Waals surface area (Å²) in [6, 6.07) is 13.0. The summed E-state index contributed by atoms with van der Waals surface area (Å²) in [6.45, 7) is 1.79. The van der Waals surface area contributed by atoms with Crippen molar-refractivity contribution in [1.82, 2.24) is 4.90 Å². The molecule has 0 unspecified atom stereocenters. The third kappa shape index (κ3) is 3.42. The molecule has 1 aromatic heterocycles. The van der Waals surface area contributed by atoms with Gasteiger partial charge in [-0.25, -0.2) is 12.8 Å². The molecule has 2 heterocycles. The molecule has 0 spiro atoms. The van der Waals surface area contributed by atoms with Crippen molar-refractivity contribution in [1.29, 1.82) is 0 Å². The van der Waals surface area contributed by atoms with Gasteiger partial charge in [0.25, 0.3) is 5.91 Å². The molecule has 146 valence electrons. The SMILES string of the molecule is Cc1c(C(=O)N(Cc2ccccc2F)[C@H]2CCS(=O)(=O)C2)oc2ccccc12. The van der Waals surface area contributed by atoms with Gasteiger partial charge in [-0.1, -0.05) is 36.4 Å². The van der Waals surface area contributed by atoms with Gasteiger partial charge in [-0.15, -0.1) is 0 Å². The average molecular weight is 401 g/mol. The van der Waals surface area contributed by atoms with Gasteiger partial charge >= 0.3 is 0 Å². The van der Waals surface area contributed by atoms with E-state index in [0.717, 1.165) is 5.39 Å². The highest BCUT2D eigenvalue weighted by Crippen LogP contribution is 2.29. The van der Waals surface area contributed by atoms with Crippen LogP contribution < -0.4 is 0 Å². The summed E-state index contributed by atoms with van der Waals surface area (Å²) in [4.78, 5) is 14.8. The van der Waals surface area contributed by atoms with E-state index in [1.165, 1.54) is 11.0 Å². The van der Waals surface area contributed by atoms with Crippen LogP contribution in [0.25, 0.3) is 11.0 Å². The van der Waals surface area contributed by atoms with Crippen LogP contribution in [-0.4, -0.2) is 36.8 Å². The van der Waals surface area contributed by atoms with E-state index in [1.807, 2.05) is 18.2 Å². The van der Waals surface area contributed by atoms with Crippen molar-refractivity contribution in [2.24, 2.45) is 0 Å². The molecule has 7 heteroatoms. The van der Waals surface area contributed by atoms with Gasteiger partial charge in [0.15, 0.2) is 15.6 Å². The topological polar surface area (TPSA) is 67.6 Å². The number of benzene rings is 2. The van der Waals surface area contributed by atoms with Gasteiger partial charge in [0, 0.05) is 29.1 Å².